The van der Waals surface area contributed by atoms with Gasteiger partial charge in [-0.3, -0.25) is 0 Å². The van der Waals surface area contributed by atoms with Gasteiger partial charge in [0.25, 0.3) is 0 Å². The Kier molecular flexibility index (Phi) is 21.3. The third-order valence-corrected chi connectivity index (χ3v) is 34.4. The summed E-state index contributed by atoms with van der Waals surface area (Å²) in [4.78, 5) is 0. The van der Waals surface area contributed by atoms with E-state index in [0.29, 0.717) is 0 Å². The molecule has 24 aromatic carbocycles. The summed E-state index contributed by atoms with van der Waals surface area (Å²) in [6.45, 7) is 0. The standard InChI is InChI=1S/C74H47NS.C70H51NS/c1-4-20-48(21-5-1)56-26-10-12-28-58(56)52-39-43-71-67(45-52)68-47-54(59-29-13-11-27-57(59)49-22-6-2-7-23-49)46-65(74(68)76-71)53-38-42-70-66(44-53)60-30-18-19-35-69(60)75(70)55-40-36-51(37-41-55)73-63-33-16-14-31-61(63)72(50-24-8-3-9-25-50)62-32-15-17-34-64(62)73;1-2-18-46(19-3-1)68-57-25-8-10-27-59(57)69(60-28-11-9-26-58(60)68)47-32-36-51(37-33-47)71-65-31-13-12-24-56(65)62-40-49(34-38-66(62)71)61-42-50(55-30-15-21-45-17-5-7-23-53(45)55)43-64-63-41-48(35-39-67(63)72-70(61)64)54-29-14-20-44-16-4-6-22-52(44)54/h1-47H;1-3,8-15,18-21,24-43H,4-7,16-17,22-23H2. The molecule has 148 heavy (non-hydrogen) atoms. The van der Waals surface area contributed by atoms with Crippen LogP contribution in [0.15, 0.2) is 497 Å². The van der Waals surface area contributed by atoms with Crippen LogP contribution in [-0.2, 0) is 25.7 Å². The zero-order valence-electron chi connectivity index (χ0n) is 81.7. The second-order valence-corrected chi connectivity index (χ2v) is 42.3. The number of para-hydroxylation sites is 2. The molecule has 0 spiro atoms. The molecule has 0 unspecified atom stereocenters. The van der Waals surface area contributed by atoms with Crippen molar-refractivity contribution in [1.29, 1.82) is 0 Å². The van der Waals surface area contributed by atoms with Crippen molar-refractivity contribution in [2.45, 2.75) is 51.4 Å². The number of hydrogen-bond donors (Lipinski definition) is 0. The molecular weight excluding hydrogens is 1820 g/mol. The Bertz CT molecular complexity index is 10100. The van der Waals surface area contributed by atoms with Crippen LogP contribution >= 0.6 is 22.7 Å². The van der Waals surface area contributed by atoms with Crippen molar-refractivity contribution in [1.82, 2.24) is 9.13 Å². The first kappa shape index (κ1) is 87.0. The minimum atomic E-state index is 1.13. The second-order valence-electron chi connectivity index (χ2n) is 40.2. The first-order valence-electron chi connectivity index (χ1n) is 52.2. The van der Waals surface area contributed by atoms with Crippen LogP contribution < -0.4 is 0 Å². The molecule has 2 aliphatic rings. The smallest absolute Gasteiger partial charge is 0.0541 e. The molecule has 696 valence electrons. The van der Waals surface area contributed by atoms with Crippen molar-refractivity contribution in [2.75, 3.05) is 0 Å². The van der Waals surface area contributed by atoms with Gasteiger partial charge in [0.15, 0.2) is 0 Å². The lowest BCUT2D eigenvalue weighted by molar-refractivity contribution is 0.687. The van der Waals surface area contributed by atoms with E-state index in [9.17, 15) is 0 Å². The van der Waals surface area contributed by atoms with Gasteiger partial charge in [0.2, 0.25) is 0 Å². The molecule has 0 atom stereocenters. The predicted octanol–water partition coefficient (Wildman–Crippen LogP) is 40.7. The van der Waals surface area contributed by atoms with Gasteiger partial charge in [0.05, 0.1) is 22.1 Å². The van der Waals surface area contributed by atoms with Gasteiger partial charge >= 0.3 is 0 Å². The molecule has 30 rings (SSSR count). The fourth-order valence-electron chi connectivity index (χ4n) is 25.2. The Hall–Kier alpha value is -17.6. The fourth-order valence-corrected chi connectivity index (χ4v) is 27.6. The van der Waals surface area contributed by atoms with Crippen LogP contribution in [0.4, 0.5) is 0 Å². The van der Waals surface area contributed by atoms with Gasteiger partial charge in [-0.05, 0) is 348 Å². The summed E-state index contributed by atoms with van der Waals surface area (Å²) in [7, 11) is 0. The Morgan fingerprint density at radius 2 is 0.405 bits per heavy atom. The quantitative estimate of drug-likeness (QED) is 0.0961. The number of thiophene rings is 2. The van der Waals surface area contributed by atoms with E-state index in [0.717, 1.165) is 17.8 Å². The summed E-state index contributed by atoms with van der Waals surface area (Å²) in [6, 6.07) is 186. The number of nitrogens with zero attached hydrogens (tertiary/aromatic N) is 2. The highest BCUT2D eigenvalue weighted by Gasteiger charge is 2.28. The van der Waals surface area contributed by atoms with Crippen molar-refractivity contribution in [3.63, 3.8) is 0 Å². The molecule has 0 radical (unpaired) electrons. The molecule has 0 N–H and O–H groups in total. The third kappa shape index (κ3) is 14.7. The molecule has 0 bridgehead atoms. The third-order valence-electron chi connectivity index (χ3n) is 32.0. The van der Waals surface area contributed by atoms with E-state index >= 15 is 0 Å². The minimum Gasteiger partial charge on any atom is -0.309 e. The molecular formula is C144H98N2S2. The molecule has 2 aliphatic carbocycles. The molecule has 4 aromatic heterocycles. The number of rotatable bonds is 14. The topological polar surface area (TPSA) is 9.86 Å². The monoisotopic (exact) mass is 1920 g/mol. The lowest BCUT2D eigenvalue weighted by atomic mass is 9.84. The van der Waals surface area contributed by atoms with Crippen LogP contribution in [0.25, 0.3) is 272 Å². The summed E-state index contributed by atoms with van der Waals surface area (Å²) < 4.78 is 10.2. The summed E-state index contributed by atoms with van der Waals surface area (Å²) in [5.74, 6) is 0. The lowest BCUT2D eigenvalue weighted by Gasteiger charge is -2.20. The molecule has 4 heteroatoms. The van der Waals surface area contributed by atoms with Crippen LogP contribution in [0.5, 0.6) is 0 Å². The largest absolute Gasteiger partial charge is 0.309 e. The van der Waals surface area contributed by atoms with E-state index in [1.165, 1.54) is 317 Å². The van der Waals surface area contributed by atoms with Crippen LogP contribution in [-0.4, -0.2) is 9.13 Å². The van der Waals surface area contributed by atoms with Crippen LogP contribution in [0.3, 0.4) is 0 Å². The summed E-state index contributed by atoms with van der Waals surface area (Å²) >= 11 is 3.85. The van der Waals surface area contributed by atoms with Gasteiger partial charge in [0.1, 0.15) is 0 Å². The molecule has 2 nitrogen and oxygen atoms in total. The fraction of sp³-hybridized carbons (Fsp3) is 0.0556. The van der Waals surface area contributed by atoms with E-state index in [2.05, 4.69) is 507 Å². The van der Waals surface area contributed by atoms with Crippen molar-refractivity contribution in [3.8, 4) is 145 Å². The molecule has 4 heterocycles. The van der Waals surface area contributed by atoms with Crippen molar-refractivity contribution in [3.05, 3.63) is 520 Å². The van der Waals surface area contributed by atoms with Crippen LogP contribution in [0.1, 0.15) is 47.9 Å². The maximum absolute atomic E-state index is 2.53. The van der Waals surface area contributed by atoms with Gasteiger partial charge in [0, 0.05) is 84.4 Å². The maximum Gasteiger partial charge on any atom is 0.0541 e. The van der Waals surface area contributed by atoms with E-state index in [-0.39, 0.29) is 0 Å². The van der Waals surface area contributed by atoms with Crippen molar-refractivity contribution >= 4 is 150 Å². The molecule has 0 aliphatic heterocycles. The zero-order valence-corrected chi connectivity index (χ0v) is 83.3. The average molecular weight is 1920 g/mol. The first-order valence-corrected chi connectivity index (χ1v) is 53.9. The second kappa shape index (κ2) is 36.3. The van der Waals surface area contributed by atoms with E-state index in [1.54, 1.807) is 11.1 Å². The average Bonchev–Trinajstić information content (AvgIpc) is 1.56. The van der Waals surface area contributed by atoms with Gasteiger partial charge in [-0.2, -0.15) is 0 Å². The van der Waals surface area contributed by atoms with Crippen molar-refractivity contribution in [2.24, 2.45) is 0 Å². The summed E-state index contributed by atoms with van der Waals surface area (Å²) in [5.41, 5.74) is 43.5. The molecule has 0 saturated heterocycles. The van der Waals surface area contributed by atoms with E-state index in [4.69, 9.17) is 0 Å². The molecule has 0 saturated carbocycles. The Morgan fingerprint density at radius 1 is 0.149 bits per heavy atom. The molecule has 0 amide bonds. The van der Waals surface area contributed by atoms with Gasteiger partial charge in [-0.25, -0.2) is 0 Å². The Labute approximate surface area is 868 Å². The van der Waals surface area contributed by atoms with E-state index in [1.807, 2.05) is 22.7 Å². The number of aromatic nitrogens is 2. The SMILES string of the molecule is c1ccc(-c2c3ccccc3c(-c3ccc(-n4c5ccccc5c5cc(-c6cc(-c7cccc8c7CCCC8)cc7c6sc6ccc(-c8cccc9c8CCCC9)cc67)ccc54)cc3)c3ccccc23)cc1.c1ccc(-c2ccccc2-c2ccc3sc4c(-c5ccc6c(c5)c5ccccc5n6-c5ccc(-c6c7ccccc7c(-c7ccccc7)c7ccccc67)cc5)cc(-c5ccccc5-c5ccccc5)cc4c3c2)cc1. The van der Waals surface area contributed by atoms with E-state index < -0.39 is 0 Å². The number of aryl methyl sites for hydroxylation is 2. The van der Waals surface area contributed by atoms with Gasteiger partial charge in [-0.15, -0.1) is 22.7 Å². The normalized spacial score (nSPS) is 12.6. The van der Waals surface area contributed by atoms with Crippen molar-refractivity contribution < 1.29 is 0 Å². The number of fused-ring (bicyclic) bond motifs is 18. The predicted molar refractivity (Wildman–Crippen MR) is 636 cm³/mol. The Balaban J connectivity index is 0.000000140. The highest BCUT2D eigenvalue weighted by Crippen LogP contribution is 2.54. The first-order chi connectivity index (χ1) is 73.4. The minimum absolute atomic E-state index is 1.13. The maximum atomic E-state index is 2.53. The highest BCUT2D eigenvalue weighted by molar-refractivity contribution is 7.26. The lowest BCUT2D eigenvalue weighted by Crippen LogP contribution is -2.04. The summed E-state index contributed by atoms with van der Waals surface area (Å²) in [5, 5.41) is 20.4. The molecule has 0 fully saturated rings. The highest BCUT2D eigenvalue weighted by atomic mass is 32.1. The molecule has 28 aromatic rings. The number of benzene rings is 24. The van der Waals surface area contributed by atoms with Crippen LogP contribution in [0.2, 0.25) is 0 Å². The van der Waals surface area contributed by atoms with Gasteiger partial charge < -0.3 is 9.13 Å². The Morgan fingerprint density at radius 3 is 0.791 bits per heavy atom. The zero-order chi connectivity index (χ0) is 97.4. The number of hydrogen-bond acceptors (Lipinski definition) is 2. The van der Waals surface area contributed by atoms with Crippen LogP contribution in [0, 0.1) is 0 Å². The summed E-state index contributed by atoms with van der Waals surface area (Å²) in [6.07, 6.45) is 9.77. The van der Waals surface area contributed by atoms with Gasteiger partial charge in [-0.1, -0.05) is 388 Å².